The van der Waals surface area contributed by atoms with Gasteiger partial charge in [0.2, 0.25) is 5.91 Å². The zero-order valence-electron chi connectivity index (χ0n) is 17.6. The predicted octanol–water partition coefficient (Wildman–Crippen LogP) is 3.16. The van der Waals surface area contributed by atoms with Crippen LogP contribution in [0.4, 0.5) is 0 Å². The number of imidazole rings is 1. The number of nitrogens with two attached hydrogens (primary N) is 1. The Morgan fingerprint density at radius 2 is 1.97 bits per heavy atom. The van der Waals surface area contributed by atoms with E-state index in [4.69, 9.17) is 5.73 Å². The molecule has 0 aliphatic carbocycles. The van der Waals surface area contributed by atoms with Crippen LogP contribution in [0.5, 0.6) is 0 Å². The molecule has 31 heavy (non-hydrogen) atoms. The summed E-state index contributed by atoms with van der Waals surface area (Å²) in [6.45, 7) is 0.500. The van der Waals surface area contributed by atoms with E-state index in [9.17, 15) is 9.59 Å². The second-order valence-electron chi connectivity index (χ2n) is 7.25. The molecule has 0 bridgehead atoms. The molecule has 2 amide bonds. The monoisotopic (exact) mass is 440 g/mol. The average molecular weight is 441 g/mol. The van der Waals surface area contributed by atoms with Gasteiger partial charge in [0.05, 0.1) is 29.6 Å². The van der Waals surface area contributed by atoms with Gasteiger partial charge in [-0.25, -0.2) is 4.98 Å². The number of unbranched alkanes of at least 4 members (excludes halogenated alkanes) is 2. The molecule has 0 fully saturated rings. The first kappa shape index (κ1) is 22.6. The van der Waals surface area contributed by atoms with E-state index in [2.05, 4.69) is 25.6 Å². The van der Waals surface area contributed by atoms with E-state index in [1.165, 1.54) is 11.3 Å². The molecule has 1 atom stereocenters. The molecular weight excluding hydrogens is 412 g/mol. The van der Waals surface area contributed by atoms with Crippen LogP contribution in [0.3, 0.4) is 0 Å². The van der Waals surface area contributed by atoms with Crippen LogP contribution >= 0.6 is 11.3 Å². The minimum Gasteiger partial charge on any atom is -0.359 e. The third-order valence-corrected chi connectivity index (χ3v) is 5.83. The third kappa shape index (κ3) is 6.47. The van der Waals surface area contributed by atoms with Gasteiger partial charge in [-0.1, -0.05) is 37.1 Å². The number of aromatic nitrogens is 3. The highest BCUT2D eigenvalue weighted by molar-refractivity contribution is 7.11. The minimum atomic E-state index is -0.258. The fourth-order valence-corrected chi connectivity index (χ4v) is 3.77. The van der Waals surface area contributed by atoms with Gasteiger partial charge in [0.1, 0.15) is 10.7 Å². The Bertz CT molecular complexity index is 968. The van der Waals surface area contributed by atoms with E-state index in [1.807, 2.05) is 24.3 Å². The van der Waals surface area contributed by atoms with Gasteiger partial charge in [0.25, 0.3) is 5.91 Å². The number of thiazole rings is 1. The van der Waals surface area contributed by atoms with Crippen molar-refractivity contribution in [3.8, 4) is 11.3 Å². The van der Waals surface area contributed by atoms with E-state index in [0.717, 1.165) is 42.5 Å². The van der Waals surface area contributed by atoms with E-state index < -0.39 is 0 Å². The van der Waals surface area contributed by atoms with Crippen molar-refractivity contribution in [2.75, 3.05) is 7.05 Å². The Labute approximate surface area is 185 Å². The van der Waals surface area contributed by atoms with Crippen LogP contribution in [0.25, 0.3) is 11.3 Å². The lowest BCUT2D eigenvalue weighted by atomic mass is 10.1. The van der Waals surface area contributed by atoms with Crippen LogP contribution in [0.1, 0.15) is 59.2 Å². The Morgan fingerprint density at radius 1 is 1.16 bits per heavy atom. The summed E-state index contributed by atoms with van der Waals surface area (Å²) in [5, 5.41) is 5.71. The van der Waals surface area contributed by atoms with Crippen molar-refractivity contribution in [3.05, 3.63) is 58.4 Å². The minimum absolute atomic E-state index is 0.0476. The summed E-state index contributed by atoms with van der Waals surface area (Å²) >= 11 is 1.30. The van der Waals surface area contributed by atoms with Crippen molar-refractivity contribution in [3.63, 3.8) is 0 Å². The maximum Gasteiger partial charge on any atom is 0.263 e. The number of aromatic amines is 1. The Kier molecular flexibility index (Phi) is 8.31. The number of amides is 2. The summed E-state index contributed by atoms with van der Waals surface area (Å²) < 4.78 is 0. The summed E-state index contributed by atoms with van der Waals surface area (Å²) in [6.07, 6.45) is 7.15. The fraction of sp³-hybridized carbons (Fsp3) is 0.364. The summed E-state index contributed by atoms with van der Waals surface area (Å²) in [6, 6.07) is 7.73. The standard InChI is InChI=1S/C22H28N6O2S/c1-24-20(29)6-4-2-3-5-17(28-22(30)19-13-25-14-31-19)21-26-12-18(27-21)16-9-7-15(11-23)8-10-16/h7-10,12-14,17H,2-6,11,23H2,1H3,(H,24,29)(H,26,27)(H,28,30). The normalized spacial score (nSPS) is 11.8. The van der Waals surface area contributed by atoms with Crippen molar-refractivity contribution in [1.29, 1.82) is 0 Å². The van der Waals surface area contributed by atoms with Crippen LogP contribution in [-0.2, 0) is 11.3 Å². The zero-order valence-corrected chi connectivity index (χ0v) is 18.4. The fourth-order valence-electron chi connectivity index (χ4n) is 3.25. The molecule has 2 aromatic heterocycles. The number of carbonyl (C=O) groups is 2. The average Bonchev–Trinajstić information content (AvgIpc) is 3.50. The molecule has 164 valence electrons. The van der Waals surface area contributed by atoms with Crippen LogP contribution < -0.4 is 16.4 Å². The van der Waals surface area contributed by atoms with Crippen LogP contribution in [0.2, 0.25) is 0 Å². The molecule has 1 aromatic carbocycles. The highest BCUT2D eigenvalue weighted by Crippen LogP contribution is 2.23. The number of carbonyl (C=O) groups excluding carboxylic acids is 2. The van der Waals surface area contributed by atoms with Gasteiger partial charge in [0, 0.05) is 20.0 Å². The lowest BCUT2D eigenvalue weighted by molar-refractivity contribution is -0.120. The van der Waals surface area contributed by atoms with Gasteiger partial charge in [-0.2, -0.15) is 0 Å². The highest BCUT2D eigenvalue weighted by Gasteiger charge is 2.20. The molecule has 9 heteroatoms. The molecule has 3 rings (SSSR count). The third-order valence-electron chi connectivity index (χ3n) is 5.06. The van der Waals surface area contributed by atoms with Gasteiger partial charge in [-0.05, 0) is 24.0 Å². The maximum atomic E-state index is 12.6. The molecule has 0 radical (unpaired) electrons. The maximum absolute atomic E-state index is 12.6. The van der Waals surface area contributed by atoms with E-state index in [-0.39, 0.29) is 17.9 Å². The predicted molar refractivity (Wildman–Crippen MR) is 121 cm³/mol. The van der Waals surface area contributed by atoms with Crippen LogP contribution in [0.15, 0.2) is 42.2 Å². The zero-order chi connectivity index (χ0) is 22.1. The van der Waals surface area contributed by atoms with Crippen molar-refractivity contribution in [2.24, 2.45) is 5.73 Å². The molecule has 3 aromatic rings. The number of hydrogen-bond acceptors (Lipinski definition) is 6. The molecule has 8 nitrogen and oxygen atoms in total. The smallest absolute Gasteiger partial charge is 0.263 e. The van der Waals surface area contributed by atoms with Crippen molar-refractivity contribution >= 4 is 23.2 Å². The first-order valence-electron chi connectivity index (χ1n) is 10.3. The molecule has 2 heterocycles. The first-order valence-corrected chi connectivity index (χ1v) is 11.2. The summed E-state index contributed by atoms with van der Waals surface area (Å²) in [5.74, 6) is 0.594. The van der Waals surface area contributed by atoms with Gasteiger partial charge in [0.15, 0.2) is 0 Å². The lowest BCUT2D eigenvalue weighted by Gasteiger charge is -2.16. The van der Waals surface area contributed by atoms with E-state index >= 15 is 0 Å². The SMILES string of the molecule is CNC(=O)CCCCCC(NC(=O)c1cncs1)c1ncc(-c2ccc(CN)cc2)[nH]1. The number of nitrogens with zero attached hydrogens (tertiary/aromatic N) is 2. The molecule has 0 saturated carbocycles. The lowest BCUT2D eigenvalue weighted by Crippen LogP contribution is -2.28. The van der Waals surface area contributed by atoms with Gasteiger partial charge < -0.3 is 21.4 Å². The summed E-state index contributed by atoms with van der Waals surface area (Å²) in [4.78, 5) is 36.4. The molecule has 0 saturated heterocycles. The second-order valence-corrected chi connectivity index (χ2v) is 8.13. The highest BCUT2D eigenvalue weighted by atomic mass is 32.1. The molecular formula is C22H28N6O2S. The largest absolute Gasteiger partial charge is 0.359 e. The number of benzene rings is 1. The molecule has 1 unspecified atom stereocenters. The van der Waals surface area contributed by atoms with Gasteiger partial charge in [-0.15, -0.1) is 11.3 Å². The first-order chi connectivity index (χ1) is 15.1. The quantitative estimate of drug-likeness (QED) is 0.341. The number of nitrogens with one attached hydrogen (secondary N) is 3. The van der Waals surface area contributed by atoms with Crippen molar-refractivity contribution in [2.45, 2.75) is 44.7 Å². The second kappa shape index (κ2) is 11.4. The molecule has 0 spiro atoms. The van der Waals surface area contributed by atoms with Crippen LogP contribution in [0, 0.1) is 0 Å². The molecule has 0 aliphatic rings. The molecule has 5 N–H and O–H groups in total. The van der Waals surface area contributed by atoms with E-state index in [1.54, 1.807) is 25.0 Å². The number of rotatable bonds is 11. The topological polar surface area (TPSA) is 126 Å². The van der Waals surface area contributed by atoms with Gasteiger partial charge >= 0.3 is 0 Å². The Hall–Kier alpha value is -3.04. The van der Waals surface area contributed by atoms with Gasteiger partial charge in [-0.3, -0.25) is 14.6 Å². The van der Waals surface area contributed by atoms with Crippen molar-refractivity contribution in [1.82, 2.24) is 25.6 Å². The summed E-state index contributed by atoms with van der Waals surface area (Å²) in [5.41, 5.74) is 10.3. The number of H-pyrrole nitrogens is 1. The van der Waals surface area contributed by atoms with Crippen molar-refractivity contribution < 1.29 is 9.59 Å². The van der Waals surface area contributed by atoms with E-state index in [0.29, 0.717) is 23.7 Å². The summed E-state index contributed by atoms with van der Waals surface area (Å²) in [7, 11) is 1.64. The van der Waals surface area contributed by atoms with Crippen LogP contribution in [-0.4, -0.2) is 33.8 Å². The number of hydrogen-bond donors (Lipinski definition) is 4. The molecule has 0 aliphatic heterocycles. The Balaban J connectivity index is 1.68. The Morgan fingerprint density at radius 3 is 2.65 bits per heavy atom.